The zero-order chi connectivity index (χ0) is 11.7. The Bertz CT molecular complexity index is 640. The summed E-state index contributed by atoms with van der Waals surface area (Å²) >= 11 is 0. The van der Waals surface area contributed by atoms with Crippen molar-refractivity contribution < 1.29 is 0 Å². The number of anilines is 1. The predicted octanol–water partition coefficient (Wildman–Crippen LogP) is 2.67. The molecule has 2 N–H and O–H groups in total. The molecule has 4 nitrogen and oxygen atoms in total. The summed E-state index contributed by atoms with van der Waals surface area (Å²) in [4.78, 5) is 3.23. The third-order valence-corrected chi connectivity index (χ3v) is 2.79. The zero-order valence-corrected chi connectivity index (χ0v) is 9.44. The Morgan fingerprint density at radius 3 is 2.71 bits per heavy atom. The second-order valence-electron chi connectivity index (χ2n) is 3.80. The Morgan fingerprint density at radius 2 is 1.94 bits per heavy atom. The molecule has 17 heavy (non-hydrogen) atoms. The summed E-state index contributed by atoms with van der Waals surface area (Å²) in [6, 6.07) is 12.1. The van der Waals surface area contributed by atoms with E-state index in [9.17, 15) is 0 Å². The van der Waals surface area contributed by atoms with Gasteiger partial charge in [0, 0.05) is 29.7 Å². The average molecular weight is 224 g/mol. The molecule has 4 heteroatoms. The van der Waals surface area contributed by atoms with Crippen molar-refractivity contribution in [2.45, 2.75) is 0 Å². The highest BCUT2D eigenvalue weighted by Gasteiger charge is 2.06. The lowest BCUT2D eigenvalue weighted by Crippen LogP contribution is -1.94. The van der Waals surface area contributed by atoms with E-state index in [1.165, 1.54) is 5.39 Å². The van der Waals surface area contributed by atoms with E-state index in [1.54, 1.807) is 0 Å². The van der Waals surface area contributed by atoms with Crippen LogP contribution in [-0.2, 0) is 0 Å². The van der Waals surface area contributed by atoms with Crippen LogP contribution in [0.15, 0.2) is 42.6 Å². The monoisotopic (exact) mass is 224 g/mol. The molecule has 3 aromatic rings. The third kappa shape index (κ3) is 1.63. The fraction of sp³-hybridized carbons (Fsp3) is 0.0769. The number of hydrogen-bond acceptors (Lipinski definition) is 3. The van der Waals surface area contributed by atoms with Gasteiger partial charge in [0.1, 0.15) is 5.82 Å². The van der Waals surface area contributed by atoms with Gasteiger partial charge in [0.15, 0.2) is 0 Å². The Balaban J connectivity index is 2.13. The molecule has 0 radical (unpaired) electrons. The van der Waals surface area contributed by atoms with Crippen molar-refractivity contribution in [3.05, 3.63) is 42.6 Å². The van der Waals surface area contributed by atoms with Crippen molar-refractivity contribution >= 4 is 16.7 Å². The summed E-state index contributed by atoms with van der Waals surface area (Å²) in [5.74, 6) is 0.772. The Morgan fingerprint density at radius 1 is 1.06 bits per heavy atom. The van der Waals surface area contributed by atoms with Crippen molar-refractivity contribution in [3.8, 4) is 11.3 Å². The molecule has 0 aliphatic rings. The fourth-order valence-electron chi connectivity index (χ4n) is 1.89. The van der Waals surface area contributed by atoms with E-state index in [0.29, 0.717) is 0 Å². The van der Waals surface area contributed by atoms with Crippen LogP contribution in [0.25, 0.3) is 22.2 Å². The van der Waals surface area contributed by atoms with Crippen LogP contribution in [-0.4, -0.2) is 22.2 Å². The molecule has 0 aliphatic carbocycles. The number of hydrogen-bond donors (Lipinski definition) is 2. The zero-order valence-electron chi connectivity index (χ0n) is 9.44. The number of para-hydroxylation sites is 1. The molecule has 2 aromatic heterocycles. The summed E-state index contributed by atoms with van der Waals surface area (Å²) in [5.41, 5.74) is 3.07. The highest BCUT2D eigenvalue weighted by molar-refractivity contribution is 5.94. The van der Waals surface area contributed by atoms with Crippen LogP contribution >= 0.6 is 0 Å². The maximum atomic E-state index is 4.21. The smallest absolute Gasteiger partial charge is 0.148 e. The number of rotatable bonds is 2. The van der Waals surface area contributed by atoms with Gasteiger partial charge < -0.3 is 10.3 Å². The highest BCUT2D eigenvalue weighted by atomic mass is 15.2. The average Bonchev–Trinajstić information content (AvgIpc) is 2.83. The standard InChI is InChI=1S/C13H12N4/c1-14-13-7-6-12(16-17-13)10-8-15-11-5-3-2-4-9(10)11/h2-8,15H,1H3,(H,14,17). The maximum Gasteiger partial charge on any atom is 0.148 e. The highest BCUT2D eigenvalue weighted by Crippen LogP contribution is 2.26. The van der Waals surface area contributed by atoms with Gasteiger partial charge in [0.05, 0.1) is 5.69 Å². The largest absolute Gasteiger partial charge is 0.372 e. The molecular weight excluding hydrogens is 212 g/mol. The minimum Gasteiger partial charge on any atom is -0.372 e. The minimum atomic E-state index is 0.772. The molecule has 0 saturated carbocycles. The second-order valence-corrected chi connectivity index (χ2v) is 3.80. The SMILES string of the molecule is CNc1ccc(-c2c[nH]c3ccccc23)nn1. The van der Waals surface area contributed by atoms with Crippen LogP contribution in [0.4, 0.5) is 5.82 Å². The number of H-pyrrole nitrogens is 1. The molecular formula is C13H12N4. The fourth-order valence-corrected chi connectivity index (χ4v) is 1.89. The Labute approximate surface area is 98.7 Å². The lowest BCUT2D eigenvalue weighted by Gasteiger charge is -2.00. The Kier molecular flexibility index (Phi) is 2.26. The normalized spacial score (nSPS) is 10.6. The van der Waals surface area contributed by atoms with Crippen molar-refractivity contribution in [3.63, 3.8) is 0 Å². The second kappa shape index (κ2) is 3.90. The first kappa shape index (κ1) is 9.84. The summed E-state index contributed by atoms with van der Waals surface area (Å²) < 4.78 is 0. The molecule has 0 aliphatic heterocycles. The van der Waals surface area contributed by atoms with Crippen LogP contribution in [0.3, 0.4) is 0 Å². The van der Waals surface area contributed by atoms with Gasteiger partial charge in [0.2, 0.25) is 0 Å². The molecule has 3 rings (SSSR count). The number of nitrogens with zero attached hydrogens (tertiary/aromatic N) is 2. The molecule has 1 aromatic carbocycles. The van der Waals surface area contributed by atoms with E-state index in [0.717, 1.165) is 22.6 Å². The van der Waals surface area contributed by atoms with Gasteiger partial charge in [-0.15, -0.1) is 10.2 Å². The molecule has 0 atom stereocenters. The van der Waals surface area contributed by atoms with Crippen LogP contribution in [0, 0.1) is 0 Å². The van der Waals surface area contributed by atoms with Crippen molar-refractivity contribution in [2.24, 2.45) is 0 Å². The molecule has 0 bridgehead atoms. The number of aromatic nitrogens is 3. The van der Waals surface area contributed by atoms with Crippen molar-refractivity contribution in [2.75, 3.05) is 12.4 Å². The van der Waals surface area contributed by atoms with Gasteiger partial charge in [-0.1, -0.05) is 18.2 Å². The molecule has 84 valence electrons. The summed E-state index contributed by atoms with van der Waals surface area (Å²) in [6.45, 7) is 0. The van der Waals surface area contributed by atoms with E-state index in [-0.39, 0.29) is 0 Å². The van der Waals surface area contributed by atoms with E-state index in [1.807, 2.05) is 43.6 Å². The van der Waals surface area contributed by atoms with Crippen LogP contribution in [0.1, 0.15) is 0 Å². The minimum absolute atomic E-state index is 0.772. The van der Waals surface area contributed by atoms with E-state index in [4.69, 9.17) is 0 Å². The number of benzene rings is 1. The quantitative estimate of drug-likeness (QED) is 0.703. The van der Waals surface area contributed by atoms with Crippen molar-refractivity contribution in [1.82, 2.24) is 15.2 Å². The number of fused-ring (bicyclic) bond motifs is 1. The first-order valence-corrected chi connectivity index (χ1v) is 5.46. The predicted molar refractivity (Wildman–Crippen MR) is 68.9 cm³/mol. The molecule has 0 unspecified atom stereocenters. The van der Waals surface area contributed by atoms with E-state index in [2.05, 4.69) is 26.6 Å². The topological polar surface area (TPSA) is 53.6 Å². The molecule has 0 saturated heterocycles. The lowest BCUT2D eigenvalue weighted by molar-refractivity contribution is 1.04. The number of nitrogens with one attached hydrogen (secondary N) is 2. The van der Waals surface area contributed by atoms with Gasteiger partial charge in [-0.25, -0.2) is 0 Å². The van der Waals surface area contributed by atoms with Crippen LogP contribution in [0.2, 0.25) is 0 Å². The molecule has 0 spiro atoms. The molecule has 0 amide bonds. The molecule has 0 fully saturated rings. The number of aromatic amines is 1. The van der Waals surface area contributed by atoms with Crippen LogP contribution in [0.5, 0.6) is 0 Å². The van der Waals surface area contributed by atoms with Gasteiger partial charge in [-0.2, -0.15) is 0 Å². The lowest BCUT2D eigenvalue weighted by atomic mass is 10.1. The Hall–Kier alpha value is -2.36. The summed E-state index contributed by atoms with van der Waals surface area (Å²) in [5, 5.41) is 12.4. The first-order valence-electron chi connectivity index (χ1n) is 5.46. The maximum absolute atomic E-state index is 4.21. The molecule has 2 heterocycles. The summed E-state index contributed by atoms with van der Waals surface area (Å²) in [7, 11) is 1.83. The van der Waals surface area contributed by atoms with Crippen LogP contribution < -0.4 is 5.32 Å². The van der Waals surface area contributed by atoms with Gasteiger partial charge >= 0.3 is 0 Å². The summed E-state index contributed by atoms with van der Waals surface area (Å²) in [6.07, 6.45) is 1.97. The van der Waals surface area contributed by atoms with Gasteiger partial charge in [-0.05, 0) is 18.2 Å². The van der Waals surface area contributed by atoms with E-state index < -0.39 is 0 Å². The van der Waals surface area contributed by atoms with Gasteiger partial charge in [0.25, 0.3) is 0 Å². The van der Waals surface area contributed by atoms with E-state index >= 15 is 0 Å². The third-order valence-electron chi connectivity index (χ3n) is 2.79. The van der Waals surface area contributed by atoms with Gasteiger partial charge in [-0.3, -0.25) is 0 Å². The van der Waals surface area contributed by atoms with Crippen molar-refractivity contribution in [1.29, 1.82) is 0 Å². The first-order chi connectivity index (χ1) is 8.38.